The van der Waals surface area contributed by atoms with Gasteiger partial charge in [-0.15, -0.1) is 0 Å². The molecule has 1 rings (SSSR count). The quantitative estimate of drug-likeness (QED) is 0.762. The molecular formula is C12H20N2O3S. The van der Waals surface area contributed by atoms with E-state index in [9.17, 15) is 8.42 Å². The monoisotopic (exact) mass is 272 g/mol. The Morgan fingerprint density at radius 1 is 1.33 bits per heavy atom. The van der Waals surface area contributed by atoms with Crippen molar-refractivity contribution in [3.8, 4) is 0 Å². The van der Waals surface area contributed by atoms with Crippen LogP contribution < -0.4 is 5.32 Å². The molecule has 0 atom stereocenters. The van der Waals surface area contributed by atoms with Gasteiger partial charge in [0.2, 0.25) is 10.0 Å². The average Bonchev–Trinajstić information content (AvgIpc) is 2.38. The van der Waals surface area contributed by atoms with Crippen molar-refractivity contribution in [3.05, 3.63) is 24.3 Å². The zero-order chi connectivity index (χ0) is 13.6. The van der Waals surface area contributed by atoms with Gasteiger partial charge in [0, 0.05) is 34.4 Å². The molecule has 0 saturated heterocycles. The molecule has 0 aliphatic rings. The van der Waals surface area contributed by atoms with Gasteiger partial charge < -0.3 is 10.1 Å². The third kappa shape index (κ3) is 3.44. The smallest absolute Gasteiger partial charge is 0.244 e. The van der Waals surface area contributed by atoms with Crippen LogP contribution in [0.5, 0.6) is 0 Å². The number of ether oxygens (including phenoxy) is 1. The van der Waals surface area contributed by atoms with Gasteiger partial charge in [-0.2, -0.15) is 0 Å². The first-order valence-corrected chi connectivity index (χ1v) is 7.20. The van der Waals surface area contributed by atoms with E-state index in [1.165, 1.54) is 4.31 Å². The first-order valence-electron chi connectivity index (χ1n) is 5.76. The summed E-state index contributed by atoms with van der Waals surface area (Å²) in [5.41, 5.74) is 0.607. The number of hydrogen-bond donors (Lipinski definition) is 1. The summed E-state index contributed by atoms with van der Waals surface area (Å²) < 4.78 is 31.0. The van der Waals surface area contributed by atoms with Gasteiger partial charge >= 0.3 is 0 Å². The van der Waals surface area contributed by atoms with Crippen molar-refractivity contribution in [2.45, 2.75) is 11.3 Å². The minimum Gasteiger partial charge on any atom is -0.387 e. The average molecular weight is 272 g/mol. The Labute approximate surface area is 109 Å². The Morgan fingerprint density at radius 3 is 2.61 bits per heavy atom. The van der Waals surface area contributed by atoms with Gasteiger partial charge in [-0.05, 0) is 18.6 Å². The second-order valence-electron chi connectivity index (χ2n) is 3.92. The number of methoxy groups -OCH3 is 1. The fraction of sp³-hybridized carbons (Fsp3) is 0.500. The van der Waals surface area contributed by atoms with E-state index in [-0.39, 0.29) is 0 Å². The van der Waals surface area contributed by atoms with Gasteiger partial charge in [-0.3, -0.25) is 0 Å². The molecule has 0 aliphatic carbocycles. The third-order valence-electron chi connectivity index (χ3n) is 2.67. The molecule has 0 bridgehead atoms. The molecule has 1 N–H and O–H groups in total. The highest BCUT2D eigenvalue weighted by atomic mass is 32.2. The summed E-state index contributed by atoms with van der Waals surface area (Å²) in [6.07, 6.45) is 0.675. The van der Waals surface area contributed by atoms with Crippen LogP contribution in [0.15, 0.2) is 29.2 Å². The number of hydrogen-bond acceptors (Lipinski definition) is 4. The molecule has 0 aromatic heterocycles. The first kappa shape index (κ1) is 14.9. The first-order chi connectivity index (χ1) is 8.54. The highest BCUT2D eigenvalue weighted by Gasteiger charge is 2.22. The topological polar surface area (TPSA) is 58.6 Å². The second kappa shape index (κ2) is 6.72. The minimum absolute atomic E-state index is 0.299. The molecule has 1 aromatic rings. The van der Waals surface area contributed by atoms with Crippen LogP contribution in [0.3, 0.4) is 0 Å². The van der Waals surface area contributed by atoms with Crippen molar-refractivity contribution in [1.82, 2.24) is 4.31 Å². The molecule has 0 unspecified atom stereocenters. The molecule has 18 heavy (non-hydrogen) atoms. The molecule has 5 nitrogen and oxygen atoms in total. The van der Waals surface area contributed by atoms with E-state index in [1.54, 1.807) is 45.5 Å². The number of nitrogens with zero attached hydrogens (tertiary/aromatic N) is 1. The van der Waals surface area contributed by atoms with E-state index >= 15 is 0 Å². The van der Waals surface area contributed by atoms with Crippen LogP contribution in [0.4, 0.5) is 5.69 Å². The van der Waals surface area contributed by atoms with Crippen molar-refractivity contribution >= 4 is 15.7 Å². The fourth-order valence-electron chi connectivity index (χ4n) is 1.62. The maximum Gasteiger partial charge on any atom is 0.244 e. The van der Waals surface area contributed by atoms with E-state index in [4.69, 9.17) is 4.74 Å². The lowest BCUT2D eigenvalue weighted by atomic mass is 10.3. The summed E-state index contributed by atoms with van der Waals surface area (Å²) in [5.74, 6) is 0. The number of benzene rings is 1. The largest absolute Gasteiger partial charge is 0.387 e. The van der Waals surface area contributed by atoms with Crippen LogP contribution in [0.1, 0.15) is 6.42 Å². The summed E-state index contributed by atoms with van der Waals surface area (Å²) in [4.78, 5) is 0.299. The molecule has 0 amide bonds. The molecule has 0 fully saturated rings. The highest BCUT2D eigenvalue weighted by molar-refractivity contribution is 7.89. The van der Waals surface area contributed by atoms with Crippen molar-refractivity contribution in [3.63, 3.8) is 0 Å². The molecule has 0 radical (unpaired) electrons. The molecule has 0 aliphatic heterocycles. The molecule has 1 aromatic carbocycles. The molecule has 0 heterocycles. The van der Waals surface area contributed by atoms with Gasteiger partial charge in [-0.25, -0.2) is 12.7 Å². The summed E-state index contributed by atoms with van der Waals surface area (Å²) >= 11 is 0. The van der Waals surface area contributed by atoms with Crippen LogP contribution in [0.2, 0.25) is 0 Å². The normalized spacial score (nSPS) is 11.8. The van der Waals surface area contributed by atoms with Crippen LogP contribution >= 0.6 is 0 Å². The molecule has 0 spiro atoms. The molecule has 6 heteroatoms. The summed E-state index contributed by atoms with van der Waals surface area (Å²) in [6.45, 7) is 0.988. The number of anilines is 1. The van der Waals surface area contributed by atoms with Crippen LogP contribution in [-0.4, -0.2) is 47.1 Å². The summed E-state index contributed by atoms with van der Waals surface area (Å²) in [6, 6.07) is 6.87. The predicted molar refractivity (Wildman–Crippen MR) is 72.3 cm³/mol. The number of nitrogens with one attached hydrogen (secondary N) is 1. The van der Waals surface area contributed by atoms with E-state index in [0.717, 1.165) is 0 Å². The van der Waals surface area contributed by atoms with Gasteiger partial charge in [-0.1, -0.05) is 12.1 Å². The van der Waals surface area contributed by atoms with Gasteiger partial charge in [0.05, 0.1) is 5.69 Å². The van der Waals surface area contributed by atoms with E-state index in [1.807, 2.05) is 0 Å². The molecule has 102 valence electrons. The predicted octanol–water partition coefficient (Wildman–Crippen LogP) is 1.39. The maximum absolute atomic E-state index is 12.4. The third-order valence-corrected chi connectivity index (χ3v) is 4.58. The van der Waals surface area contributed by atoms with E-state index in [0.29, 0.717) is 30.2 Å². The summed E-state index contributed by atoms with van der Waals surface area (Å²) in [7, 11) is 1.44. The zero-order valence-electron chi connectivity index (χ0n) is 11.0. The minimum atomic E-state index is -3.45. The standard InChI is InChI=1S/C12H20N2O3S/c1-13-11-7-4-5-8-12(11)18(15,16)14(2)9-6-10-17-3/h4-5,7-8,13H,6,9-10H2,1-3H3. The highest BCUT2D eigenvalue weighted by Crippen LogP contribution is 2.23. The fourth-order valence-corrected chi connectivity index (χ4v) is 3.02. The maximum atomic E-state index is 12.4. The SMILES string of the molecule is CNc1ccccc1S(=O)(=O)N(C)CCCOC. The van der Waals surface area contributed by atoms with Crippen molar-refractivity contribution in [1.29, 1.82) is 0 Å². The van der Waals surface area contributed by atoms with Gasteiger partial charge in [0.1, 0.15) is 4.90 Å². The second-order valence-corrected chi connectivity index (χ2v) is 5.93. The van der Waals surface area contributed by atoms with Gasteiger partial charge in [0.25, 0.3) is 0 Å². The number of para-hydroxylation sites is 1. The molecular weight excluding hydrogens is 252 g/mol. The Bertz CT molecular complexity index is 474. The lowest BCUT2D eigenvalue weighted by molar-refractivity contribution is 0.189. The summed E-state index contributed by atoms with van der Waals surface area (Å²) in [5, 5.41) is 2.89. The number of sulfonamides is 1. The Balaban J connectivity index is 2.91. The van der Waals surface area contributed by atoms with E-state index in [2.05, 4.69) is 5.32 Å². The molecule has 0 saturated carbocycles. The van der Waals surface area contributed by atoms with Gasteiger partial charge in [0.15, 0.2) is 0 Å². The van der Waals surface area contributed by atoms with Crippen LogP contribution in [0.25, 0.3) is 0 Å². The van der Waals surface area contributed by atoms with Crippen LogP contribution in [0, 0.1) is 0 Å². The van der Waals surface area contributed by atoms with Crippen molar-refractivity contribution in [2.24, 2.45) is 0 Å². The van der Waals surface area contributed by atoms with E-state index < -0.39 is 10.0 Å². The zero-order valence-corrected chi connectivity index (χ0v) is 11.8. The van der Waals surface area contributed by atoms with Crippen molar-refractivity contribution in [2.75, 3.05) is 39.7 Å². The lowest BCUT2D eigenvalue weighted by Crippen LogP contribution is -2.29. The Morgan fingerprint density at radius 2 is 2.00 bits per heavy atom. The number of rotatable bonds is 7. The Kier molecular flexibility index (Phi) is 5.58. The van der Waals surface area contributed by atoms with Crippen LogP contribution in [-0.2, 0) is 14.8 Å². The van der Waals surface area contributed by atoms with Crippen molar-refractivity contribution < 1.29 is 13.2 Å². The Hall–Kier alpha value is -1.11. The lowest BCUT2D eigenvalue weighted by Gasteiger charge is -2.18.